The highest BCUT2D eigenvalue weighted by Crippen LogP contribution is 2.24. The lowest BCUT2D eigenvalue weighted by Crippen LogP contribution is -2.05. The molecule has 0 saturated heterocycles. The Morgan fingerprint density at radius 3 is 2.94 bits per heavy atom. The van der Waals surface area contributed by atoms with Crippen LogP contribution in [0.1, 0.15) is 6.42 Å². The fourth-order valence-electron chi connectivity index (χ4n) is 1.51. The molecular formula is C12H12N4S. The molecule has 17 heavy (non-hydrogen) atoms. The first-order chi connectivity index (χ1) is 8.35. The van der Waals surface area contributed by atoms with Crippen LogP contribution in [-0.4, -0.2) is 22.8 Å². The number of aromatic nitrogens is 2. The van der Waals surface area contributed by atoms with Crippen molar-refractivity contribution in [1.29, 1.82) is 5.26 Å². The normalized spacial score (nSPS) is 10.1. The van der Waals surface area contributed by atoms with Gasteiger partial charge in [0.2, 0.25) is 5.95 Å². The number of benzene rings is 1. The van der Waals surface area contributed by atoms with Gasteiger partial charge in [-0.25, -0.2) is 9.97 Å². The van der Waals surface area contributed by atoms with Crippen molar-refractivity contribution in [3.05, 3.63) is 24.3 Å². The van der Waals surface area contributed by atoms with Gasteiger partial charge in [0.15, 0.2) is 0 Å². The minimum Gasteiger partial charge on any atom is -0.353 e. The molecule has 4 nitrogen and oxygen atoms in total. The quantitative estimate of drug-likeness (QED) is 0.509. The zero-order valence-corrected chi connectivity index (χ0v) is 10.3. The summed E-state index contributed by atoms with van der Waals surface area (Å²) in [6.45, 7) is 0.572. The second-order valence-corrected chi connectivity index (χ2v) is 4.20. The lowest BCUT2D eigenvalue weighted by atomic mass is 10.2. The van der Waals surface area contributed by atoms with Gasteiger partial charge in [-0.2, -0.15) is 5.26 Å². The fraction of sp³-hybridized carbons (Fsp3) is 0.250. The van der Waals surface area contributed by atoms with Crippen LogP contribution < -0.4 is 5.32 Å². The van der Waals surface area contributed by atoms with Crippen LogP contribution in [0.25, 0.3) is 10.9 Å². The Balaban J connectivity index is 2.35. The molecule has 0 aliphatic carbocycles. The minimum atomic E-state index is 0.449. The van der Waals surface area contributed by atoms with Crippen molar-refractivity contribution < 1.29 is 0 Å². The number of fused-ring (bicyclic) bond motifs is 1. The molecule has 1 aromatic carbocycles. The minimum absolute atomic E-state index is 0.449. The Hall–Kier alpha value is -1.80. The van der Waals surface area contributed by atoms with Crippen LogP contribution in [0.5, 0.6) is 0 Å². The van der Waals surface area contributed by atoms with E-state index in [4.69, 9.17) is 5.26 Å². The summed E-state index contributed by atoms with van der Waals surface area (Å²) in [4.78, 5) is 8.83. The average Bonchev–Trinajstić information content (AvgIpc) is 2.38. The first-order valence-electron chi connectivity index (χ1n) is 5.26. The summed E-state index contributed by atoms with van der Waals surface area (Å²) < 4.78 is 0. The second kappa shape index (κ2) is 5.51. The van der Waals surface area contributed by atoms with E-state index in [9.17, 15) is 0 Å². The topological polar surface area (TPSA) is 61.6 Å². The van der Waals surface area contributed by atoms with Gasteiger partial charge in [-0.05, 0) is 12.3 Å². The van der Waals surface area contributed by atoms with Gasteiger partial charge in [-0.15, -0.1) is 11.8 Å². The van der Waals surface area contributed by atoms with Crippen LogP contribution in [0.2, 0.25) is 0 Å². The van der Waals surface area contributed by atoms with E-state index in [2.05, 4.69) is 21.4 Å². The standard InChI is InChI=1S/C12H12N4S/c1-17-11-9-5-2-3-6-10(9)15-12(16-11)14-8-4-7-13/h2-3,5-6H,4,8H2,1H3,(H,14,15,16). The van der Waals surface area contributed by atoms with Crippen LogP contribution in [0.15, 0.2) is 29.3 Å². The first kappa shape index (κ1) is 11.7. The van der Waals surface area contributed by atoms with Gasteiger partial charge in [0, 0.05) is 11.9 Å². The van der Waals surface area contributed by atoms with Crippen molar-refractivity contribution in [2.45, 2.75) is 11.4 Å². The van der Waals surface area contributed by atoms with Crippen molar-refractivity contribution >= 4 is 28.6 Å². The summed E-state index contributed by atoms with van der Waals surface area (Å²) in [6.07, 6.45) is 2.44. The largest absolute Gasteiger partial charge is 0.353 e. The number of para-hydroxylation sites is 1. The third-order valence-corrected chi connectivity index (χ3v) is 2.98. The Morgan fingerprint density at radius 1 is 1.35 bits per heavy atom. The lowest BCUT2D eigenvalue weighted by molar-refractivity contribution is 1.01. The number of nitrogens with zero attached hydrogens (tertiary/aromatic N) is 3. The smallest absolute Gasteiger partial charge is 0.224 e. The molecule has 2 aromatic rings. The summed E-state index contributed by atoms with van der Waals surface area (Å²) >= 11 is 1.60. The SMILES string of the molecule is CSc1nc(NCCC#N)nc2ccccc12. The molecule has 1 N–H and O–H groups in total. The van der Waals surface area contributed by atoms with E-state index in [1.807, 2.05) is 30.5 Å². The van der Waals surface area contributed by atoms with Crippen molar-refractivity contribution in [3.63, 3.8) is 0 Å². The molecule has 86 valence electrons. The zero-order valence-electron chi connectivity index (χ0n) is 9.47. The maximum atomic E-state index is 8.48. The lowest BCUT2D eigenvalue weighted by Gasteiger charge is -2.07. The van der Waals surface area contributed by atoms with Crippen LogP contribution in [0.3, 0.4) is 0 Å². The molecule has 1 heterocycles. The molecule has 0 spiro atoms. The number of thioether (sulfide) groups is 1. The number of anilines is 1. The third kappa shape index (κ3) is 2.66. The van der Waals surface area contributed by atoms with Crippen molar-refractivity contribution in [3.8, 4) is 6.07 Å². The fourth-order valence-corrected chi connectivity index (χ4v) is 2.08. The van der Waals surface area contributed by atoms with Crippen LogP contribution >= 0.6 is 11.8 Å². The predicted molar refractivity (Wildman–Crippen MR) is 70.0 cm³/mol. The average molecular weight is 244 g/mol. The molecule has 0 fully saturated rings. The first-order valence-corrected chi connectivity index (χ1v) is 6.49. The number of rotatable bonds is 4. The highest BCUT2D eigenvalue weighted by atomic mass is 32.2. The highest BCUT2D eigenvalue weighted by molar-refractivity contribution is 7.98. The second-order valence-electron chi connectivity index (χ2n) is 3.41. The molecule has 0 aliphatic heterocycles. The molecule has 0 aliphatic rings. The summed E-state index contributed by atoms with van der Waals surface area (Å²) in [6, 6.07) is 10.00. The Kier molecular flexibility index (Phi) is 3.78. The molecule has 5 heteroatoms. The monoisotopic (exact) mass is 244 g/mol. The number of nitrogens with one attached hydrogen (secondary N) is 1. The zero-order chi connectivity index (χ0) is 12.1. The molecular weight excluding hydrogens is 232 g/mol. The molecule has 0 radical (unpaired) electrons. The third-order valence-electron chi connectivity index (χ3n) is 2.28. The van der Waals surface area contributed by atoms with E-state index in [-0.39, 0.29) is 0 Å². The molecule has 1 aromatic heterocycles. The highest BCUT2D eigenvalue weighted by Gasteiger charge is 2.05. The molecule has 0 unspecified atom stereocenters. The van der Waals surface area contributed by atoms with Crippen molar-refractivity contribution in [2.75, 3.05) is 18.1 Å². The maximum absolute atomic E-state index is 8.48. The van der Waals surface area contributed by atoms with Gasteiger partial charge >= 0.3 is 0 Å². The van der Waals surface area contributed by atoms with Crippen LogP contribution in [0, 0.1) is 11.3 Å². The molecule has 0 saturated carbocycles. The van der Waals surface area contributed by atoms with E-state index in [0.717, 1.165) is 15.9 Å². The number of hydrogen-bond donors (Lipinski definition) is 1. The summed E-state index contributed by atoms with van der Waals surface area (Å²) in [5.74, 6) is 0.586. The van der Waals surface area contributed by atoms with Gasteiger partial charge in [-0.1, -0.05) is 18.2 Å². The van der Waals surface area contributed by atoms with Gasteiger partial charge in [0.25, 0.3) is 0 Å². The Morgan fingerprint density at radius 2 is 2.18 bits per heavy atom. The molecule has 0 amide bonds. The van der Waals surface area contributed by atoms with Gasteiger partial charge in [-0.3, -0.25) is 0 Å². The van der Waals surface area contributed by atoms with Crippen molar-refractivity contribution in [1.82, 2.24) is 9.97 Å². The summed E-state index contributed by atoms with van der Waals surface area (Å²) in [7, 11) is 0. The maximum Gasteiger partial charge on any atom is 0.224 e. The molecule has 2 rings (SSSR count). The van der Waals surface area contributed by atoms with Crippen LogP contribution in [0.4, 0.5) is 5.95 Å². The number of nitriles is 1. The van der Waals surface area contributed by atoms with Crippen LogP contribution in [-0.2, 0) is 0 Å². The van der Waals surface area contributed by atoms with Crippen molar-refractivity contribution in [2.24, 2.45) is 0 Å². The van der Waals surface area contributed by atoms with Gasteiger partial charge in [0.05, 0.1) is 18.0 Å². The summed E-state index contributed by atoms with van der Waals surface area (Å²) in [5, 5.41) is 13.6. The molecule has 0 atom stereocenters. The Bertz CT molecular complexity index is 562. The summed E-state index contributed by atoms with van der Waals surface area (Å²) in [5.41, 5.74) is 0.923. The van der Waals surface area contributed by atoms with E-state index in [1.165, 1.54) is 0 Å². The molecule has 0 bridgehead atoms. The van der Waals surface area contributed by atoms with E-state index in [1.54, 1.807) is 11.8 Å². The Labute approximate surface area is 104 Å². The predicted octanol–water partition coefficient (Wildman–Crippen LogP) is 2.68. The van der Waals surface area contributed by atoms with E-state index < -0.39 is 0 Å². The van der Waals surface area contributed by atoms with E-state index in [0.29, 0.717) is 18.9 Å². The van der Waals surface area contributed by atoms with E-state index >= 15 is 0 Å². The van der Waals surface area contributed by atoms with Gasteiger partial charge < -0.3 is 5.32 Å². The number of hydrogen-bond acceptors (Lipinski definition) is 5. The van der Waals surface area contributed by atoms with Gasteiger partial charge in [0.1, 0.15) is 5.03 Å².